The number of rotatable bonds is 3. The van der Waals surface area contributed by atoms with Gasteiger partial charge in [0.15, 0.2) is 0 Å². The molecule has 0 spiro atoms. The van der Waals surface area contributed by atoms with Crippen molar-refractivity contribution in [2.45, 2.75) is 12.7 Å². The average Bonchev–Trinajstić information content (AvgIpc) is 2.80. The van der Waals surface area contributed by atoms with Crippen LogP contribution >= 0.6 is 0 Å². The third kappa shape index (κ3) is 2.88. The molecule has 0 aliphatic heterocycles. The van der Waals surface area contributed by atoms with Gasteiger partial charge in [-0.05, 0) is 18.2 Å². The monoisotopic (exact) mass is 281 g/mol. The zero-order chi connectivity index (χ0) is 14.8. The zero-order valence-electron chi connectivity index (χ0n) is 10.4. The quantitative estimate of drug-likeness (QED) is 0.937. The number of aryl methyl sites for hydroxylation is 1. The molecule has 0 fully saturated rings. The molecule has 104 valence electrons. The van der Waals surface area contributed by atoms with E-state index in [1.165, 1.54) is 17.1 Å². The summed E-state index contributed by atoms with van der Waals surface area (Å²) in [5, 5.41) is 15.7. The maximum absolute atomic E-state index is 12.5. The smallest absolute Gasteiger partial charge is 0.377 e. The van der Waals surface area contributed by atoms with Crippen LogP contribution < -0.4 is 5.32 Å². The number of nitriles is 1. The van der Waals surface area contributed by atoms with Crippen molar-refractivity contribution in [3.8, 4) is 6.07 Å². The van der Waals surface area contributed by atoms with E-state index in [2.05, 4.69) is 15.4 Å². The van der Waals surface area contributed by atoms with Gasteiger partial charge in [-0.1, -0.05) is 0 Å². The number of aromatic nitrogens is 3. The van der Waals surface area contributed by atoms with E-state index in [9.17, 15) is 13.2 Å². The van der Waals surface area contributed by atoms with Crippen molar-refractivity contribution >= 4 is 5.69 Å². The van der Waals surface area contributed by atoms with E-state index in [0.717, 1.165) is 12.1 Å². The van der Waals surface area contributed by atoms with E-state index >= 15 is 0 Å². The lowest BCUT2D eigenvalue weighted by atomic mass is 10.1. The fourth-order valence-corrected chi connectivity index (χ4v) is 1.62. The molecule has 0 amide bonds. The molecule has 0 radical (unpaired) electrons. The second-order valence-electron chi connectivity index (χ2n) is 4.02. The first kappa shape index (κ1) is 13.9. The van der Waals surface area contributed by atoms with Gasteiger partial charge in [0.25, 0.3) is 0 Å². The molecule has 2 rings (SSSR count). The minimum absolute atomic E-state index is 0.0676. The zero-order valence-corrected chi connectivity index (χ0v) is 10.4. The molecule has 1 heterocycles. The van der Waals surface area contributed by atoms with Gasteiger partial charge in [-0.25, -0.2) is 4.98 Å². The van der Waals surface area contributed by atoms with Crippen molar-refractivity contribution in [1.29, 1.82) is 5.26 Å². The Kier molecular flexibility index (Phi) is 3.61. The molecule has 1 aromatic heterocycles. The largest absolute Gasteiger partial charge is 0.416 e. The summed E-state index contributed by atoms with van der Waals surface area (Å²) in [6.07, 6.45) is -3.09. The lowest BCUT2D eigenvalue weighted by Gasteiger charge is -2.11. The summed E-state index contributed by atoms with van der Waals surface area (Å²) >= 11 is 0. The number of anilines is 1. The molecule has 0 unspecified atom stereocenters. The Hall–Kier alpha value is -2.56. The van der Waals surface area contributed by atoms with Crippen molar-refractivity contribution in [3.05, 3.63) is 41.5 Å². The van der Waals surface area contributed by atoms with Gasteiger partial charge in [-0.15, -0.1) is 0 Å². The van der Waals surface area contributed by atoms with Crippen molar-refractivity contribution in [1.82, 2.24) is 14.8 Å². The first-order valence-electron chi connectivity index (χ1n) is 5.60. The summed E-state index contributed by atoms with van der Waals surface area (Å²) in [4.78, 5) is 3.97. The van der Waals surface area contributed by atoms with Gasteiger partial charge in [0, 0.05) is 7.05 Å². The summed E-state index contributed by atoms with van der Waals surface area (Å²) in [6, 6.07) is 4.73. The van der Waals surface area contributed by atoms with Crippen LogP contribution in [-0.4, -0.2) is 14.8 Å². The predicted octanol–water partition coefficient (Wildman–Crippen LogP) is 2.32. The van der Waals surface area contributed by atoms with Crippen LogP contribution in [0, 0.1) is 11.3 Å². The second kappa shape index (κ2) is 5.21. The molecule has 0 aliphatic rings. The normalized spacial score (nSPS) is 11.2. The van der Waals surface area contributed by atoms with Crippen LogP contribution in [0.2, 0.25) is 0 Å². The average molecular weight is 281 g/mol. The van der Waals surface area contributed by atoms with Crippen LogP contribution in [-0.2, 0) is 19.8 Å². The number of hydrogen-bond donors (Lipinski definition) is 1. The lowest BCUT2D eigenvalue weighted by molar-refractivity contribution is -0.137. The van der Waals surface area contributed by atoms with Crippen LogP contribution in [0.15, 0.2) is 24.5 Å². The Bertz CT molecular complexity index is 654. The number of alkyl halides is 3. The number of halogens is 3. The van der Waals surface area contributed by atoms with Gasteiger partial charge < -0.3 is 5.32 Å². The van der Waals surface area contributed by atoms with Crippen molar-refractivity contribution < 1.29 is 13.2 Å². The standard InChI is InChI=1S/C12H10F3N5/c1-20-11(18-7-19-20)6-17-10-3-2-9(12(13,14)15)4-8(10)5-16/h2-4,7,17H,6H2,1H3. The third-order valence-corrected chi connectivity index (χ3v) is 2.71. The van der Waals surface area contributed by atoms with Crippen LogP contribution in [0.25, 0.3) is 0 Å². The number of benzene rings is 1. The minimum atomic E-state index is -4.46. The fourth-order valence-electron chi connectivity index (χ4n) is 1.62. The highest BCUT2D eigenvalue weighted by atomic mass is 19.4. The SMILES string of the molecule is Cn1ncnc1CNc1ccc(C(F)(F)F)cc1C#N. The third-order valence-electron chi connectivity index (χ3n) is 2.71. The topological polar surface area (TPSA) is 66.5 Å². The summed E-state index contributed by atoms with van der Waals surface area (Å²) in [7, 11) is 1.70. The van der Waals surface area contributed by atoms with E-state index in [-0.39, 0.29) is 12.1 Å². The van der Waals surface area contributed by atoms with Gasteiger partial charge in [0.1, 0.15) is 18.2 Å². The molecule has 0 aliphatic carbocycles. The van der Waals surface area contributed by atoms with Crippen LogP contribution in [0.1, 0.15) is 17.0 Å². The maximum atomic E-state index is 12.5. The van der Waals surface area contributed by atoms with Gasteiger partial charge in [-0.2, -0.15) is 23.5 Å². The van der Waals surface area contributed by atoms with Crippen LogP contribution in [0.4, 0.5) is 18.9 Å². The highest BCUT2D eigenvalue weighted by Crippen LogP contribution is 2.31. The molecular formula is C12H10F3N5. The van der Waals surface area contributed by atoms with E-state index in [1.54, 1.807) is 13.1 Å². The van der Waals surface area contributed by atoms with Crippen LogP contribution in [0.3, 0.4) is 0 Å². The Morgan fingerprint density at radius 2 is 2.15 bits per heavy atom. The highest BCUT2D eigenvalue weighted by Gasteiger charge is 2.31. The first-order valence-corrected chi connectivity index (χ1v) is 5.60. The molecule has 0 atom stereocenters. The Morgan fingerprint density at radius 1 is 1.40 bits per heavy atom. The summed E-state index contributed by atoms with van der Waals surface area (Å²) < 4.78 is 39.2. The number of nitrogens with zero attached hydrogens (tertiary/aromatic N) is 4. The van der Waals surface area contributed by atoms with Gasteiger partial charge in [0.2, 0.25) is 0 Å². The molecular weight excluding hydrogens is 271 g/mol. The molecule has 0 bridgehead atoms. The van der Waals surface area contributed by atoms with E-state index in [1.807, 2.05) is 0 Å². The molecule has 5 nitrogen and oxygen atoms in total. The molecule has 1 aromatic carbocycles. The molecule has 0 saturated heterocycles. The van der Waals surface area contributed by atoms with E-state index in [4.69, 9.17) is 5.26 Å². The maximum Gasteiger partial charge on any atom is 0.416 e. The van der Waals surface area contributed by atoms with Gasteiger partial charge >= 0.3 is 6.18 Å². The van der Waals surface area contributed by atoms with Crippen molar-refractivity contribution in [2.24, 2.45) is 7.05 Å². The summed E-state index contributed by atoms with van der Waals surface area (Å²) in [5.41, 5.74) is -0.594. The lowest BCUT2D eigenvalue weighted by Crippen LogP contribution is -2.09. The molecule has 20 heavy (non-hydrogen) atoms. The summed E-state index contributed by atoms with van der Waals surface area (Å²) in [6.45, 7) is 0.260. The van der Waals surface area contributed by atoms with Crippen molar-refractivity contribution in [3.63, 3.8) is 0 Å². The first-order chi connectivity index (χ1) is 9.41. The molecule has 2 aromatic rings. The molecule has 0 saturated carbocycles. The van der Waals surface area contributed by atoms with Crippen molar-refractivity contribution in [2.75, 3.05) is 5.32 Å². The van der Waals surface area contributed by atoms with E-state index < -0.39 is 11.7 Å². The number of hydrogen-bond acceptors (Lipinski definition) is 4. The molecule has 1 N–H and O–H groups in total. The van der Waals surface area contributed by atoms with Crippen LogP contribution in [0.5, 0.6) is 0 Å². The Morgan fingerprint density at radius 3 is 2.70 bits per heavy atom. The minimum Gasteiger partial charge on any atom is -0.377 e. The second-order valence-corrected chi connectivity index (χ2v) is 4.02. The predicted molar refractivity (Wildman–Crippen MR) is 64.5 cm³/mol. The Balaban J connectivity index is 2.21. The van der Waals surface area contributed by atoms with Gasteiger partial charge in [-0.3, -0.25) is 4.68 Å². The Labute approximate surface area is 112 Å². The highest BCUT2D eigenvalue weighted by molar-refractivity contribution is 5.58. The fraction of sp³-hybridized carbons (Fsp3) is 0.250. The molecule has 8 heteroatoms. The van der Waals surface area contributed by atoms with E-state index in [0.29, 0.717) is 11.5 Å². The summed E-state index contributed by atoms with van der Waals surface area (Å²) in [5.74, 6) is 0.605. The van der Waals surface area contributed by atoms with Gasteiger partial charge in [0.05, 0.1) is 23.4 Å². The number of nitrogens with one attached hydrogen (secondary N) is 1.